The summed E-state index contributed by atoms with van der Waals surface area (Å²) in [5.41, 5.74) is -1.58. The molecule has 0 saturated carbocycles. The summed E-state index contributed by atoms with van der Waals surface area (Å²) in [4.78, 5) is 25.6. The monoisotopic (exact) mass is 298 g/mol. The number of hydrogen-bond donors (Lipinski definition) is 0. The molecular weight excluding hydrogens is 295 g/mol. The average Bonchev–Trinajstić information content (AvgIpc) is 2.35. The highest BCUT2D eigenvalue weighted by molar-refractivity contribution is 6.37. The second-order valence-corrected chi connectivity index (χ2v) is 4.37. The lowest BCUT2D eigenvalue weighted by molar-refractivity contribution is -0.386. The Morgan fingerprint density at radius 2 is 2.16 bits per heavy atom. The zero-order chi connectivity index (χ0) is 14.3. The predicted octanol–water partition coefficient (Wildman–Crippen LogP) is 2.02. The van der Waals surface area contributed by atoms with Crippen LogP contribution in [0.25, 0.3) is 11.0 Å². The quantitative estimate of drug-likeness (QED) is 0.592. The molecular formula is C10H4Cl2N4O3. The van der Waals surface area contributed by atoms with Crippen LogP contribution in [0.4, 0.5) is 5.69 Å². The van der Waals surface area contributed by atoms with Crippen molar-refractivity contribution in [3.05, 3.63) is 42.3 Å². The molecule has 0 saturated heterocycles. The van der Waals surface area contributed by atoms with Crippen LogP contribution in [0.15, 0.2) is 10.9 Å². The van der Waals surface area contributed by atoms with E-state index in [1.807, 2.05) is 0 Å². The maximum Gasteiger partial charge on any atom is 0.354 e. The lowest BCUT2D eigenvalue weighted by Gasteiger charge is -2.07. The molecule has 7 nitrogen and oxygen atoms in total. The molecule has 0 aliphatic carbocycles. The molecule has 0 N–H and O–H groups in total. The molecule has 9 heteroatoms. The second-order valence-electron chi connectivity index (χ2n) is 3.58. The molecule has 0 aliphatic rings. The molecule has 19 heavy (non-hydrogen) atoms. The highest BCUT2D eigenvalue weighted by atomic mass is 35.5. The van der Waals surface area contributed by atoms with Crippen LogP contribution in [0.1, 0.15) is 5.69 Å². The maximum absolute atomic E-state index is 11.8. The molecule has 96 valence electrons. The van der Waals surface area contributed by atoms with E-state index in [1.54, 1.807) is 6.07 Å². The Labute approximate surface area is 115 Å². The van der Waals surface area contributed by atoms with E-state index in [4.69, 9.17) is 28.5 Å². The van der Waals surface area contributed by atoms with Gasteiger partial charge in [0.1, 0.15) is 11.6 Å². The summed E-state index contributed by atoms with van der Waals surface area (Å²) < 4.78 is 1.01. The van der Waals surface area contributed by atoms with Crippen LogP contribution in [0.2, 0.25) is 10.0 Å². The largest absolute Gasteiger partial charge is 0.354 e. The van der Waals surface area contributed by atoms with Crippen molar-refractivity contribution < 1.29 is 4.92 Å². The number of aryl methyl sites for hydroxylation is 1. The zero-order valence-electron chi connectivity index (χ0n) is 9.35. The van der Waals surface area contributed by atoms with Crippen molar-refractivity contribution in [2.24, 2.45) is 7.05 Å². The fourth-order valence-corrected chi connectivity index (χ4v) is 2.08. The van der Waals surface area contributed by atoms with Crippen LogP contribution in [0.5, 0.6) is 0 Å². The Morgan fingerprint density at radius 3 is 2.68 bits per heavy atom. The summed E-state index contributed by atoms with van der Waals surface area (Å²) in [7, 11) is 1.33. The summed E-state index contributed by atoms with van der Waals surface area (Å²) in [5.74, 6) is 0. The van der Waals surface area contributed by atoms with Gasteiger partial charge in [0.25, 0.3) is 0 Å². The van der Waals surface area contributed by atoms with Gasteiger partial charge in [0.2, 0.25) is 0 Å². The molecule has 0 unspecified atom stereocenters. The Balaban J connectivity index is 3.09. The minimum Gasteiger partial charge on any atom is -0.304 e. The molecule has 0 aromatic carbocycles. The third-order valence-corrected chi connectivity index (χ3v) is 3.17. The SMILES string of the molecule is Cn1c(=O)c([N+](=O)[O-])c(Cl)c2nc(C#N)c(Cl)cc21. The first-order chi connectivity index (χ1) is 8.88. The van der Waals surface area contributed by atoms with E-state index in [1.165, 1.54) is 13.1 Å². The Morgan fingerprint density at radius 1 is 1.53 bits per heavy atom. The first kappa shape index (κ1) is 13.3. The molecule has 0 bridgehead atoms. The molecule has 2 heterocycles. The van der Waals surface area contributed by atoms with Gasteiger partial charge in [0, 0.05) is 7.05 Å². The van der Waals surface area contributed by atoms with Crippen LogP contribution in [-0.2, 0) is 7.05 Å². The summed E-state index contributed by atoms with van der Waals surface area (Å²) in [5, 5.41) is 19.3. The smallest absolute Gasteiger partial charge is 0.304 e. The minimum atomic E-state index is -0.882. The molecule has 0 spiro atoms. The fraction of sp³-hybridized carbons (Fsp3) is 0.100. The summed E-state index contributed by atoms with van der Waals surface area (Å²) in [6.07, 6.45) is 0. The van der Waals surface area contributed by atoms with Gasteiger partial charge in [-0.25, -0.2) is 4.98 Å². The molecule has 2 aromatic rings. The van der Waals surface area contributed by atoms with Gasteiger partial charge in [0.05, 0.1) is 15.5 Å². The number of aromatic nitrogens is 2. The van der Waals surface area contributed by atoms with Crippen LogP contribution < -0.4 is 5.56 Å². The van der Waals surface area contributed by atoms with Gasteiger partial charge in [-0.05, 0) is 6.07 Å². The lowest BCUT2D eigenvalue weighted by Crippen LogP contribution is -2.21. The van der Waals surface area contributed by atoms with E-state index in [0.717, 1.165) is 4.57 Å². The number of halogens is 2. The van der Waals surface area contributed by atoms with E-state index in [-0.39, 0.29) is 21.7 Å². The maximum atomic E-state index is 11.8. The van der Waals surface area contributed by atoms with E-state index >= 15 is 0 Å². The standard InChI is InChI=1S/C10H4Cl2N4O3/c1-15-6-2-4(11)5(3-13)14-8(6)7(12)9(10(15)17)16(18)19/h2H,1H3. The van der Waals surface area contributed by atoms with E-state index in [9.17, 15) is 14.9 Å². The molecule has 2 aromatic heterocycles. The zero-order valence-corrected chi connectivity index (χ0v) is 10.9. The molecule has 0 radical (unpaired) electrons. The summed E-state index contributed by atoms with van der Waals surface area (Å²) in [6, 6.07) is 3.06. The number of pyridine rings is 2. The second kappa shape index (κ2) is 4.50. The van der Waals surface area contributed by atoms with Crippen LogP contribution in [-0.4, -0.2) is 14.5 Å². The average molecular weight is 299 g/mol. The van der Waals surface area contributed by atoms with Crippen molar-refractivity contribution in [3.8, 4) is 6.07 Å². The molecule has 2 rings (SSSR count). The normalized spacial score (nSPS) is 10.4. The van der Waals surface area contributed by atoms with Gasteiger partial charge < -0.3 is 4.57 Å². The van der Waals surface area contributed by atoms with Gasteiger partial charge in [-0.15, -0.1) is 0 Å². The van der Waals surface area contributed by atoms with Gasteiger partial charge in [-0.3, -0.25) is 14.9 Å². The van der Waals surface area contributed by atoms with Crippen LogP contribution >= 0.6 is 23.2 Å². The van der Waals surface area contributed by atoms with Crippen LogP contribution in [0.3, 0.4) is 0 Å². The van der Waals surface area contributed by atoms with Gasteiger partial charge in [-0.2, -0.15) is 5.26 Å². The molecule has 0 amide bonds. The van der Waals surface area contributed by atoms with Crippen molar-refractivity contribution in [3.63, 3.8) is 0 Å². The number of nitrogens with zero attached hydrogens (tertiary/aromatic N) is 4. The molecule has 0 aliphatic heterocycles. The van der Waals surface area contributed by atoms with Gasteiger partial charge in [-0.1, -0.05) is 23.2 Å². The third-order valence-electron chi connectivity index (χ3n) is 2.53. The van der Waals surface area contributed by atoms with Crippen molar-refractivity contribution in [2.45, 2.75) is 0 Å². The van der Waals surface area contributed by atoms with Gasteiger partial charge >= 0.3 is 11.2 Å². The van der Waals surface area contributed by atoms with Crippen molar-refractivity contribution in [1.82, 2.24) is 9.55 Å². The topological polar surface area (TPSA) is 102 Å². The van der Waals surface area contributed by atoms with Crippen molar-refractivity contribution >= 4 is 39.9 Å². The van der Waals surface area contributed by atoms with Crippen LogP contribution in [0, 0.1) is 21.4 Å². The number of fused-ring (bicyclic) bond motifs is 1. The molecule has 0 atom stereocenters. The first-order valence-corrected chi connectivity index (χ1v) is 5.57. The number of rotatable bonds is 1. The Bertz CT molecular complexity index is 822. The summed E-state index contributed by atoms with van der Waals surface area (Å²) >= 11 is 11.6. The summed E-state index contributed by atoms with van der Waals surface area (Å²) in [6.45, 7) is 0. The molecule has 0 fully saturated rings. The minimum absolute atomic E-state index is 0.0172. The van der Waals surface area contributed by atoms with E-state index in [0.29, 0.717) is 0 Å². The number of nitriles is 1. The van der Waals surface area contributed by atoms with E-state index in [2.05, 4.69) is 4.98 Å². The number of nitro groups is 1. The predicted molar refractivity (Wildman–Crippen MR) is 68.4 cm³/mol. The highest BCUT2D eigenvalue weighted by Gasteiger charge is 2.25. The van der Waals surface area contributed by atoms with Crippen molar-refractivity contribution in [1.29, 1.82) is 5.26 Å². The van der Waals surface area contributed by atoms with E-state index < -0.39 is 21.2 Å². The Kier molecular flexibility index (Phi) is 3.14. The van der Waals surface area contributed by atoms with Crippen molar-refractivity contribution in [2.75, 3.05) is 0 Å². The first-order valence-electron chi connectivity index (χ1n) is 4.81. The Hall–Kier alpha value is -2.17. The number of hydrogen-bond acceptors (Lipinski definition) is 5. The highest BCUT2D eigenvalue weighted by Crippen LogP contribution is 2.30. The lowest BCUT2D eigenvalue weighted by atomic mass is 10.2. The fourth-order valence-electron chi connectivity index (χ4n) is 1.61. The van der Waals surface area contributed by atoms with Gasteiger partial charge in [0.15, 0.2) is 10.7 Å². The third kappa shape index (κ3) is 1.91.